The molecule has 9 heteroatoms. The molecule has 1 atom stereocenters. The zero-order valence-electron chi connectivity index (χ0n) is 11.7. The fraction of sp³-hybridized carbons (Fsp3) is 0.500. The lowest BCUT2D eigenvalue weighted by Gasteiger charge is -2.24. The Hall–Kier alpha value is -1.03. The highest BCUT2D eigenvalue weighted by molar-refractivity contribution is 7.91. The van der Waals surface area contributed by atoms with Gasteiger partial charge in [-0.15, -0.1) is 0 Å². The topological polar surface area (TPSA) is 92.3 Å². The first kappa shape index (κ1) is 16.3. The number of halogens is 1. The molecule has 0 amide bonds. The van der Waals surface area contributed by atoms with Crippen molar-refractivity contribution in [3.8, 4) is 0 Å². The molecular weight excluding hydrogens is 319 g/mol. The van der Waals surface area contributed by atoms with Crippen molar-refractivity contribution < 1.29 is 21.2 Å². The second-order valence-corrected chi connectivity index (χ2v) is 9.12. The van der Waals surface area contributed by atoms with Gasteiger partial charge in [-0.3, -0.25) is 0 Å². The molecule has 118 valence electrons. The number of hydrogen-bond donors (Lipinski definition) is 2. The third-order valence-electron chi connectivity index (χ3n) is 3.37. The Morgan fingerprint density at radius 1 is 1.29 bits per heavy atom. The van der Waals surface area contributed by atoms with Crippen molar-refractivity contribution in [2.45, 2.75) is 28.7 Å². The zero-order valence-corrected chi connectivity index (χ0v) is 13.3. The second-order valence-electron chi connectivity index (χ2n) is 5.46. The summed E-state index contributed by atoms with van der Waals surface area (Å²) in [5.74, 6) is -0.982. The Labute approximate surface area is 123 Å². The Balaban J connectivity index is 2.44. The lowest BCUT2D eigenvalue weighted by molar-refractivity contribution is 0.449. The maximum absolute atomic E-state index is 13.8. The van der Waals surface area contributed by atoms with Crippen molar-refractivity contribution in [3.05, 3.63) is 24.0 Å². The fourth-order valence-electron chi connectivity index (χ4n) is 2.20. The number of sulfone groups is 1. The average Bonchev–Trinajstić information content (AvgIpc) is 2.73. The Morgan fingerprint density at radius 2 is 1.95 bits per heavy atom. The summed E-state index contributed by atoms with van der Waals surface area (Å²) in [6, 6.07) is 2.74. The van der Waals surface area contributed by atoms with Crippen molar-refractivity contribution in [3.63, 3.8) is 0 Å². The van der Waals surface area contributed by atoms with E-state index in [1.54, 1.807) is 6.92 Å². The highest BCUT2D eigenvalue weighted by Gasteiger charge is 2.34. The maximum Gasteiger partial charge on any atom is 0.244 e. The van der Waals surface area contributed by atoms with Crippen molar-refractivity contribution in [2.24, 2.45) is 0 Å². The molecule has 1 heterocycles. The van der Waals surface area contributed by atoms with E-state index in [4.69, 9.17) is 0 Å². The van der Waals surface area contributed by atoms with Crippen LogP contribution in [0, 0.1) is 5.82 Å². The van der Waals surface area contributed by atoms with E-state index >= 15 is 0 Å². The summed E-state index contributed by atoms with van der Waals surface area (Å²) >= 11 is 0. The van der Waals surface area contributed by atoms with E-state index in [1.165, 1.54) is 0 Å². The van der Waals surface area contributed by atoms with Crippen molar-refractivity contribution >= 4 is 19.9 Å². The lowest BCUT2D eigenvalue weighted by Crippen LogP contribution is -2.47. The highest BCUT2D eigenvalue weighted by Crippen LogP contribution is 2.23. The molecule has 0 aromatic heterocycles. The SMILES string of the molecule is CC1(NS(=O)(=O)c2cc(S(C)(=O)=O)ccc2F)CCNC1. The van der Waals surface area contributed by atoms with Crippen LogP contribution in [0.25, 0.3) is 0 Å². The van der Waals surface area contributed by atoms with Crippen molar-refractivity contribution in [1.29, 1.82) is 0 Å². The maximum atomic E-state index is 13.8. The zero-order chi connectivity index (χ0) is 15.9. The molecule has 2 rings (SSSR count). The summed E-state index contributed by atoms with van der Waals surface area (Å²) < 4.78 is 63.9. The van der Waals surface area contributed by atoms with E-state index < -0.39 is 36.1 Å². The van der Waals surface area contributed by atoms with Gasteiger partial charge in [-0.1, -0.05) is 0 Å². The number of hydrogen-bond acceptors (Lipinski definition) is 5. The third-order valence-corrected chi connectivity index (χ3v) is 6.13. The molecule has 0 spiro atoms. The first-order valence-electron chi connectivity index (χ1n) is 6.28. The number of benzene rings is 1. The minimum atomic E-state index is -4.15. The minimum absolute atomic E-state index is 0.237. The van der Waals surface area contributed by atoms with Gasteiger partial charge in [0.05, 0.1) is 4.90 Å². The van der Waals surface area contributed by atoms with Gasteiger partial charge < -0.3 is 5.32 Å². The first-order valence-corrected chi connectivity index (χ1v) is 9.65. The number of nitrogens with one attached hydrogen (secondary N) is 2. The summed E-state index contributed by atoms with van der Waals surface area (Å²) in [6.07, 6.45) is 1.51. The largest absolute Gasteiger partial charge is 0.315 e. The fourth-order valence-corrected chi connectivity index (χ4v) is 4.47. The molecule has 1 unspecified atom stereocenters. The van der Waals surface area contributed by atoms with Crippen LogP contribution in [-0.4, -0.2) is 41.7 Å². The molecule has 6 nitrogen and oxygen atoms in total. The summed E-state index contributed by atoms with van der Waals surface area (Å²) in [4.78, 5) is -0.891. The van der Waals surface area contributed by atoms with Crippen LogP contribution >= 0.6 is 0 Å². The quantitative estimate of drug-likeness (QED) is 0.770. The van der Waals surface area contributed by atoms with Gasteiger partial charge in [0.1, 0.15) is 10.7 Å². The number of sulfonamides is 1. The second kappa shape index (κ2) is 5.31. The van der Waals surface area contributed by atoms with E-state index in [0.29, 0.717) is 19.5 Å². The van der Waals surface area contributed by atoms with Gasteiger partial charge in [0.2, 0.25) is 10.0 Å². The van der Waals surface area contributed by atoms with Gasteiger partial charge in [0.15, 0.2) is 9.84 Å². The summed E-state index contributed by atoms with van der Waals surface area (Å²) in [6.45, 7) is 2.80. The van der Waals surface area contributed by atoms with Gasteiger partial charge in [-0.25, -0.2) is 25.9 Å². The molecular formula is C12H17FN2O4S2. The van der Waals surface area contributed by atoms with Gasteiger partial charge in [-0.05, 0) is 38.1 Å². The molecule has 1 fully saturated rings. The van der Waals surface area contributed by atoms with E-state index in [2.05, 4.69) is 10.0 Å². The lowest BCUT2D eigenvalue weighted by atomic mass is 10.0. The molecule has 2 N–H and O–H groups in total. The molecule has 1 aromatic rings. The van der Waals surface area contributed by atoms with Crippen LogP contribution in [0.3, 0.4) is 0 Å². The molecule has 0 bridgehead atoms. The Kier molecular flexibility index (Phi) is 4.13. The van der Waals surface area contributed by atoms with Crippen LogP contribution in [0.1, 0.15) is 13.3 Å². The summed E-state index contributed by atoms with van der Waals surface area (Å²) in [5.41, 5.74) is -0.716. The summed E-state index contributed by atoms with van der Waals surface area (Å²) in [7, 11) is -7.76. The molecule has 21 heavy (non-hydrogen) atoms. The van der Waals surface area contributed by atoms with E-state index in [1.807, 2.05) is 0 Å². The Morgan fingerprint density at radius 3 is 2.48 bits per heavy atom. The average molecular weight is 336 g/mol. The normalized spacial score (nSPS) is 23.4. The molecule has 1 aliphatic rings. The predicted octanol–water partition coefficient (Wildman–Crippen LogP) is 0.260. The smallest absolute Gasteiger partial charge is 0.244 e. The van der Waals surface area contributed by atoms with Crippen LogP contribution in [-0.2, 0) is 19.9 Å². The van der Waals surface area contributed by atoms with Gasteiger partial charge in [-0.2, -0.15) is 0 Å². The van der Waals surface area contributed by atoms with Crippen molar-refractivity contribution in [2.75, 3.05) is 19.3 Å². The van der Waals surface area contributed by atoms with Gasteiger partial charge >= 0.3 is 0 Å². The van der Waals surface area contributed by atoms with Crippen LogP contribution in [0.4, 0.5) is 4.39 Å². The van der Waals surface area contributed by atoms with E-state index in [0.717, 1.165) is 24.5 Å². The van der Waals surface area contributed by atoms with Crippen LogP contribution in [0.2, 0.25) is 0 Å². The first-order chi connectivity index (χ1) is 9.54. The molecule has 0 aliphatic carbocycles. The minimum Gasteiger partial charge on any atom is -0.315 e. The van der Waals surface area contributed by atoms with Gasteiger partial charge in [0.25, 0.3) is 0 Å². The molecule has 1 aliphatic heterocycles. The third kappa shape index (κ3) is 3.60. The highest BCUT2D eigenvalue weighted by atomic mass is 32.2. The van der Waals surface area contributed by atoms with Crippen LogP contribution in [0.15, 0.2) is 28.0 Å². The molecule has 0 radical (unpaired) electrons. The van der Waals surface area contributed by atoms with Gasteiger partial charge in [0, 0.05) is 18.3 Å². The van der Waals surface area contributed by atoms with E-state index in [-0.39, 0.29) is 4.90 Å². The molecule has 1 saturated heterocycles. The molecule has 1 aromatic carbocycles. The van der Waals surface area contributed by atoms with Crippen LogP contribution < -0.4 is 10.0 Å². The predicted molar refractivity (Wildman–Crippen MR) is 75.7 cm³/mol. The number of rotatable bonds is 4. The van der Waals surface area contributed by atoms with Crippen molar-refractivity contribution in [1.82, 2.24) is 10.0 Å². The van der Waals surface area contributed by atoms with E-state index in [9.17, 15) is 21.2 Å². The van der Waals surface area contributed by atoms with Crippen LogP contribution in [0.5, 0.6) is 0 Å². The summed E-state index contributed by atoms with van der Waals surface area (Å²) in [5, 5.41) is 3.02. The Bertz CT molecular complexity index is 753. The monoisotopic (exact) mass is 336 g/mol. The standard InChI is InChI=1S/C12H17FN2O4S2/c1-12(5-6-14-8-12)15-21(18,19)11-7-9(20(2,16)17)3-4-10(11)13/h3-4,7,14-15H,5-6,8H2,1-2H3. The molecule has 0 saturated carbocycles.